The van der Waals surface area contributed by atoms with Gasteiger partial charge in [0.15, 0.2) is 0 Å². The van der Waals surface area contributed by atoms with E-state index in [9.17, 15) is 9.59 Å². The molecule has 0 radical (unpaired) electrons. The number of hydrogen-bond acceptors (Lipinski definition) is 4. The Hall–Kier alpha value is -1.46. The number of carbonyl (C=O) groups excluding carboxylic acids is 2. The molecule has 0 aromatic heterocycles. The summed E-state index contributed by atoms with van der Waals surface area (Å²) in [5, 5.41) is 5.53. The molecule has 0 aliphatic heterocycles. The van der Waals surface area contributed by atoms with Gasteiger partial charge in [0.2, 0.25) is 0 Å². The normalized spacial score (nSPS) is 13.2. The molecule has 0 aromatic carbocycles. The number of amides is 2. The highest BCUT2D eigenvalue weighted by Gasteiger charge is 2.09. The standard InChI is InChI=1S/C14H28N2O4/c1-5-19-13(17)15-11(3)9-7-8-10-12(4)16-14(18)20-6-2/h11-12H,5-10H2,1-4H3,(H,15,17)(H,16,18). The van der Waals surface area contributed by atoms with E-state index in [0.717, 1.165) is 25.7 Å². The third-order valence-corrected chi connectivity index (χ3v) is 2.80. The van der Waals surface area contributed by atoms with Crippen LogP contribution in [0.3, 0.4) is 0 Å². The predicted octanol–water partition coefficient (Wildman–Crippen LogP) is 2.82. The largest absolute Gasteiger partial charge is 0.450 e. The molecule has 0 saturated carbocycles. The number of carbonyl (C=O) groups is 2. The van der Waals surface area contributed by atoms with Gasteiger partial charge in [0, 0.05) is 12.1 Å². The Kier molecular flexibility index (Phi) is 10.5. The lowest BCUT2D eigenvalue weighted by atomic mass is 10.1. The van der Waals surface area contributed by atoms with Gasteiger partial charge in [-0.2, -0.15) is 0 Å². The van der Waals surface area contributed by atoms with Crippen molar-refractivity contribution in [3.8, 4) is 0 Å². The molecular formula is C14H28N2O4. The van der Waals surface area contributed by atoms with Crippen molar-refractivity contribution in [2.24, 2.45) is 0 Å². The Balaban J connectivity index is 3.59. The number of alkyl carbamates (subject to hydrolysis) is 2. The van der Waals surface area contributed by atoms with Gasteiger partial charge in [0.05, 0.1) is 13.2 Å². The monoisotopic (exact) mass is 288 g/mol. The van der Waals surface area contributed by atoms with Crippen LogP contribution in [-0.2, 0) is 9.47 Å². The summed E-state index contributed by atoms with van der Waals surface area (Å²) in [5.41, 5.74) is 0. The van der Waals surface area contributed by atoms with Crippen LogP contribution in [0.25, 0.3) is 0 Å². The molecule has 2 unspecified atom stereocenters. The highest BCUT2D eigenvalue weighted by Crippen LogP contribution is 2.06. The molecule has 0 aromatic rings. The van der Waals surface area contributed by atoms with Gasteiger partial charge < -0.3 is 20.1 Å². The van der Waals surface area contributed by atoms with Crippen molar-refractivity contribution in [1.82, 2.24) is 10.6 Å². The van der Waals surface area contributed by atoms with Crippen LogP contribution >= 0.6 is 0 Å². The lowest BCUT2D eigenvalue weighted by Gasteiger charge is -2.15. The molecule has 2 N–H and O–H groups in total. The molecule has 0 heterocycles. The second kappa shape index (κ2) is 11.4. The van der Waals surface area contributed by atoms with Crippen LogP contribution in [0, 0.1) is 0 Å². The summed E-state index contributed by atoms with van der Waals surface area (Å²) in [6, 6.07) is 0.199. The Morgan fingerprint density at radius 2 is 1.20 bits per heavy atom. The topological polar surface area (TPSA) is 76.7 Å². The maximum Gasteiger partial charge on any atom is 0.407 e. The van der Waals surface area contributed by atoms with Gasteiger partial charge >= 0.3 is 12.2 Å². The van der Waals surface area contributed by atoms with Crippen LogP contribution < -0.4 is 10.6 Å². The van der Waals surface area contributed by atoms with Gasteiger partial charge in [0.25, 0.3) is 0 Å². The maximum absolute atomic E-state index is 11.2. The zero-order valence-electron chi connectivity index (χ0n) is 13.0. The lowest BCUT2D eigenvalue weighted by molar-refractivity contribution is 0.146. The molecule has 2 amide bonds. The third kappa shape index (κ3) is 10.5. The summed E-state index contributed by atoms with van der Waals surface area (Å²) in [6.45, 7) is 8.24. The fourth-order valence-corrected chi connectivity index (χ4v) is 1.79. The molecule has 0 aliphatic rings. The summed E-state index contributed by atoms with van der Waals surface area (Å²) in [6.07, 6.45) is 3.04. The van der Waals surface area contributed by atoms with Crippen molar-refractivity contribution in [2.75, 3.05) is 13.2 Å². The smallest absolute Gasteiger partial charge is 0.407 e. The van der Waals surface area contributed by atoms with E-state index in [-0.39, 0.29) is 24.3 Å². The average molecular weight is 288 g/mol. The average Bonchev–Trinajstić information content (AvgIpc) is 2.35. The van der Waals surface area contributed by atoms with Crippen LogP contribution in [-0.4, -0.2) is 37.5 Å². The van der Waals surface area contributed by atoms with E-state index in [0.29, 0.717) is 13.2 Å². The molecule has 0 rings (SSSR count). The first-order chi connectivity index (χ1) is 9.49. The highest BCUT2D eigenvalue weighted by atomic mass is 16.6. The second-order valence-electron chi connectivity index (χ2n) is 4.82. The maximum atomic E-state index is 11.2. The van der Waals surface area contributed by atoms with Crippen LogP contribution in [0.2, 0.25) is 0 Å². The van der Waals surface area contributed by atoms with Crippen molar-refractivity contribution in [1.29, 1.82) is 0 Å². The van der Waals surface area contributed by atoms with E-state index >= 15 is 0 Å². The molecule has 0 aliphatic carbocycles. The summed E-state index contributed by atoms with van der Waals surface area (Å²) in [7, 11) is 0. The summed E-state index contributed by atoms with van der Waals surface area (Å²) >= 11 is 0. The first-order valence-electron chi connectivity index (χ1n) is 7.36. The molecule has 20 heavy (non-hydrogen) atoms. The molecule has 118 valence electrons. The molecular weight excluding hydrogens is 260 g/mol. The van der Waals surface area contributed by atoms with Crippen LogP contribution in [0.1, 0.15) is 53.4 Å². The van der Waals surface area contributed by atoms with Gasteiger partial charge in [-0.25, -0.2) is 9.59 Å². The van der Waals surface area contributed by atoms with Gasteiger partial charge in [-0.15, -0.1) is 0 Å². The summed E-state index contributed by atoms with van der Waals surface area (Å²) in [4.78, 5) is 22.4. The third-order valence-electron chi connectivity index (χ3n) is 2.80. The Labute approximate surface area is 121 Å². The lowest BCUT2D eigenvalue weighted by Crippen LogP contribution is -2.34. The van der Waals surface area contributed by atoms with Gasteiger partial charge in [-0.05, 0) is 40.5 Å². The van der Waals surface area contributed by atoms with E-state index in [4.69, 9.17) is 9.47 Å². The van der Waals surface area contributed by atoms with Crippen LogP contribution in [0.5, 0.6) is 0 Å². The fraction of sp³-hybridized carbons (Fsp3) is 0.857. The van der Waals surface area contributed by atoms with Crippen LogP contribution in [0.15, 0.2) is 0 Å². The Morgan fingerprint density at radius 1 is 0.850 bits per heavy atom. The van der Waals surface area contributed by atoms with E-state index in [1.165, 1.54) is 0 Å². The second-order valence-corrected chi connectivity index (χ2v) is 4.82. The zero-order chi connectivity index (χ0) is 15.4. The molecule has 6 nitrogen and oxygen atoms in total. The van der Waals surface area contributed by atoms with Crippen LogP contribution in [0.4, 0.5) is 9.59 Å². The molecule has 6 heteroatoms. The molecule has 0 spiro atoms. The molecule has 0 fully saturated rings. The van der Waals surface area contributed by atoms with Crippen molar-refractivity contribution < 1.29 is 19.1 Å². The number of ether oxygens (including phenoxy) is 2. The number of nitrogens with one attached hydrogen (secondary N) is 2. The van der Waals surface area contributed by atoms with E-state index in [2.05, 4.69) is 10.6 Å². The number of unbranched alkanes of at least 4 members (excludes halogenated alkanes) is 1. The Bertz CT molecular complexity index is 256. The van der Waals surface area contributed by atoms with Crippen molar-refractivity contribution >= 4 is 12.2 Å². The van der Waals surface area contributed by atoms with Gasteiger partial charge in [-0.1, -0.05) is 12.8 Å². The van der Waals surface area contributed by atoms with Crippen molar-refractivity contribution in [3.05, 3.63) is 0 Å². The SMILES string of the molecule is CCOC(=O)NC(C)CCCCC(C)NC(=O)OCC. The molecule has 2 atom stereocenters. The first kappa shape index (κ1) is 18.5. The minimum atomic E-state index is -0.364. The van der Waals surface area contributed by atoms with Gasteiger partial charge in [0.1, 0.15) is 0 Å². The first-order valence-corrected chi connectivity index (χ1v) is 7.36. The van der Waals surface area contributed by atoms with E-state index in [1.54, 1.807) is 13.8 Å². The quantitative estimate of drug-likeness (QED) is 0.640. The minimum absolute atomic E-state index is 0.0994. The van der Waals surface area contributed by atoms with E-state index < -0.39 is 0 Å². The van der Waals surface area contributed by atoms with Gasteiger partial charge in [-0.3, -0.25) is 0 Å². The van der Waals surface area contributed by atoms with Crippen molar-refractivity contribution in [2.45, 2.75) is 65.5 Å². The highest BCUT2D eigenvalue weighted by molar-refractivity contribution is 5.67. The zero-order valence-corrected chi connectivity index (χ0v) is 13.0. The number of hydrogen-bond donors (Lipinski definition) is 2. The molecule has 0 saturated heterocycles. The summed E-state index contributed by atoms with van der Waals surface area (Å²) < 4.78 is 9.62. The fourth-order valence-electron chi connectivity index (χ4n) is 1.79. The number of rotatable bonds is 9. The minimum Gasteiger partial charge on any atom is -0.450 e. The van der Waals surface area contributed by atoms with Crippen molar-refractivity contribution in [3.63, 3.8) is 0 Å². The molecule has 0 bridgehead atoms. The summed E-state index contributed by atoms with van der Waals surface area (Å²) in [5.74, 6) is 0. The Morgan fingerprint density at radius 3 is 1.50 bits per heavy atom. The van der Waals surface area contributed by atoms with E-state index in [1.807, 2.05) is 13.8 Å². The predicted molar refractivity (Wildman–Crippen MR) is 77.7 cm³/mol.